The van der Waals surface area contributed by atoms with Crippen molar-refractivity contribution in [1.29, 1.82) is 0 Å². The maximum Gasteiger partial charge on any atom is 0.209 e. The van der Waals surface area contributed by atoms with Gasteiger partial charge in [0.25, 0.3) is 0 Å². The molecule has 0 radical (unpaired) electrons. The molecule has 1 aromatic heterocycles. The van der Waals surface area contributed by atoms with Crippen molar-refractivity contribution in [1.82, 2.24) is 9.36 Å². The molecule has 12 heavy (non-hydrogen) atoms. The fraction of sp³-hybridized carbons (Fsp3) is 0.750. The van der Waals surface area contributed by atoms with Crippen LogP contribution in [0.15, 0.2) is 4.73 Å². The monoisotopic (exact) mass is 246 g/mol. The summed E-state index contributed by atoms with van der Waals surface area (Å²) in [6, 6.07) is 0. The van der Waals surface area contributed by atoms with Gasteiger partial charge >= 0.3 is 0 Å². The average Bonchev–Trinajstić information content (AvgIpc) is 2.63. The molecule has 0 bridgehead atoms. The highest BCUT2D eigenvalue weighted by Gasteiger charge is 2.17. The number of aromatic nitrogens is 2. The van der Waals surface area contributed by atoms with Crippen LogP contribution in [0.5, 0.6) is 0 Å². The van der Waals surface area contributed by atoms with Gasteiger partial charge in [0.2, 0.25) is 4.73 Å². The van der Waals surface area contributed by atoms with Crippen LogP contribution in [0.25, 0.3) is 0 Å². The lowest BCUT2D eigenvalue weighted by molar-refractivity contribution is 0.544. The number of hydrogen-bond acceptors (Lipinski definition) is 3. The minimum absolute atomic E-state index is 0.750. The lowest BCUT2D eigenvalue weighted by Gasteiger charge is -2.03. The van der Waals surface area contributed by atoms with Gasteiger partial charge in [0.1, 0.15) is 5.01 Å². The van der Waals surface area contributed by atoms with Crippen molar-refractivity contribution in [2.24, 2.45) is 5.92 Å². The third-order valence-corrected chi connectivity index (χ3v) is 3.70. The largest absolute Gasteiger partial charge is 0.214 e. The van der Waals surface area contributed by atoms with Gasteiger partial charge in [0, 0.05) is 6.42 Å². The van der Waals surface area contributed by atoms with Gasteiger partial charge in [-0.3, -0.25) is 0 Å². The van der Waals surface area contributed by atoms with E-state index >= 15 is 0 Å². The van der Waals surface area contributed by atoms with Crippen molar-refractivity contribution >= 4 is 27.5 Å². The molecule has 4 heteroatoms. The van der Waals surface area contributed by atoms with Gasteiger partial charge in [-0.15, -0.1) is 0 Å². The maximum atomic E-state index is 4.30. The van der Waals surface area contributed by atoms with Gasteiger partial charge < -0.3 is 0 Å². The van der Waals surface area contributed by atoms with Crippen molar-refractivity contribution in [3.63, 3.8) is 0 Å². The Labute approximate surface area is 84.7 Å². The summed E-state index contributed by atoms with van der Waals surface area (Å²) in [4.78, 5) is 4.30. The predicted octanol–water partition coefficient (Wildman–Crippen LogP) is 3.03. The minimum Gasteiger partial charge on any atom is -0.214 e. The Hall–Kier alpha value is 0.0400. The van der Waals surface area contributed by atoms with Crippen molar-refractivity contribution in [2.45, 2.75) is 32.1 Å². The molecule has 0 aliphatic heterocycles. The van der Waals surface area contributed by atoms with Crippen LogP contribution >= 0.6 is 27.5 Å². The topological polar surface area (TPSA) is 25.8 Å². The van der Waals surface area contributed by atoms with Crippen molar-refractivity contribution in [3.8, 4) is 0 Å². The van der Waals surface area contributed by atoms with E-state index in [-0.39, 0.29) is 0 Å². The molecule has 2 rings (SSSR count). The molecule has 1 aliphatic carbocycles. The van der Waals surface area contributed by atoms with E-state index in [0.717, 1.165) is 17.1 Å². The highest BCUT2D eigenvalue weighted by Crippen LogP contribution is 2.28. The van der Waals surface area contributed by atoms with Gasteiger partial charge in [-0.05, 0) is 33.4 Å². The summed E-state index contributed by atoms with van der Waals surface area (Å²) in [6.45, 7) is 0. The molecule has 2 nitrogen and oxygen atoms in total. The Kier molecular flexibility index (Phi) is 2.76. The standard InChI is InChI=1S/C8H11BrN2S/c9-8-10-7(12-11-8)5-6-3-1-2-4-6/h6H,1-5H2. The van der Waals surface area contributed by atoms with Crippen LogP contribution in [0.4, 0.5) is 0 Å². The van der Waals surface area contributed by atoms with Gasteiger partial charge in [0.05, 0.1) is 0 Å². The molecule has 0 amide bonds. The van der Waals surface area contributed by atoms with Crippen LogP contribution in [0.2, 0.25) is 0 Å². The highest BCUT2D eigenvalue weighted by molar-refractivity contribution is 9.10. The number of hydrogen-bond donors (Lipinski definition) is 0. The molecule has 1 heterocycles. The van der Waals surface area contributed by atoms with Gasteiger partial charge in [-0.1, -0.05) is 25.7 Å². The first-order valence-electron chi connectivity index (χ1n) is 4.32. The first kappa shape index (κ1) is 8.63. The first-order valence-corrected chi connectivity index (χ1v) is 5.89. The fourth-order valence-corrected chi connectivity index (χ4v) is 2.99. The van der Waals surface area contributed by atoms with E-state index in [2.05, 4.69) is 25.3 Å². The van der Waals surface area contributed by atoms with E-state index < -0.39 is 0 Å². The average molecular weight is 247 g/mol. The van der Waals surface area contributed by atoms with Crippen LogP contribution in [0.3, 0.4) is 0 Å². The van der Waals surface area contributed by atoms with Crippen LogP contribution in [-0.4, -0.2) is 9.36 Å². The van der Waals surface area contributed by atoms with E-state index in [9.17, 15) is 0 Å². The van der Waals surface area contributed by atoms with Crippen molar-refractivity contribution in [3.05, 3.63) is 9.74 Å². The summed E-state index contributed by atoms with van der Waals surface area (Å²) < 4.78 is 4.86. The Bertz CT molecular complexity index is 255. The third kappa shape index (κ3) is 2.04. The minimum atomic E-state index is 0.750. The lowest BCUT2D eigenvalue weighted by Crippen LogP contribution is -1.97. The first-order chi connectivity index (χ1) is 5.84. The predicted molar refractivity (Wildman–Crippen MR) is 53.3 cm³/mol. The lowest BCUT2D eigenvalue weighted by atomic mass is 10.1. The molecular formula is C8H11BrN2S. The summed E-state index contributed by atoms with van der Waals surface area (Å²) in [5.74, 6) is 0.879. The maximum absolute atomic E-state index is 4.30. The molecule has 0 unspecified atom stereocenters. The van der Waals surface area contributed by atoms with Gasteiger partial charge in [0.15, 0.2) is 0 Å². The highest BCUT2D eigenvalue weighted by atomic mass is 79.9. The van der Waals surface area contributed by atoms with E-state index in [1.54, 1.807) is 0 Å². The van der Waals surface area contributed by atoms with E-state index in [0.29, 0.717) is 0 Å². The molecular weight excluding hydrogens is 236 g/mol. The molecule has 66 valence electrons. The number of nitrogens with zero attached hydrogens (tertiary/aromatic N) is 2. The van der Waals surface area contributed by atoms with Gasteiger partial charge in [-0.2, -0.15) is 4.37 Å². The second-order valence-electron chi connectivity index (χ2n) is 3.31. The number of halogens is 1. The zero-order valence-electron chi connectivity index (χ0n) is 6.79. The zero-order valence-corrected chi connectivity index (χ0v) is 9.20. The third-order valence-electron chi connectivity index (χ3n) is 2.38. The van der Waals surface area contributed by atoms with Crippen LogP contribution in [0, 0.1) is 5.92 Å². The Balaban J connectivity index is 1.94. The molecule has 0 aromatic carbocycles. The summed E-state index contributed by atoms with van der Waals surface area (Å²) in [5, 5.41) is 1.19. The van der Waals surface area contributed by atoms with Crippen LogP contribution in [-0.2, 0) is 6.42 Å². The molecule has 0 saturated heterocycles. The molecule has 0 N–H and O–H groups in total. The summed E-state index contributed by atoms with van der Waals surface area (Å²) in [5.41, 5.74) is 0. The quantitative estimate of drug-likeness (QED) is 0.802. The van der Waals surface area contributed by atoms with Crippen LogP contribution in [0.1, 0.15) is 30.7 Å². The molecule has 1 aromatic rings. The molecule has 0 atom stereocenters. The van der Waals surface area contributed by atoms with E-state index in [1.165, 1.54) is 42.2 Å². The summed E-state index contributed by atoms with van der Waals surface area (Å²) in [6.07, 6.45) is 6.73. The number of rotatable bonds is 2. The molecule has 0 spiro atoms. The normalized spacial score (nSPS) is 18.8. The van der Waals surface area contributed by atoms with E-state index in [4.69, 9.17) is 0 Å². The fourth-order valence-electron chi connectivity index (χ4n) is 1.78. The summed E-state index contributed by atoms with van der Waals surface area (Å²) in [7, 11) is 0. The second kappa shape index (κ2) is 3.83. The van der Waals surface area contributed by atoms with E-state index in [1.807, 2.05) is 0 Å². The summed E-state index contributed by atoms with van der Waals surface area (Å²) >= 11 is 4.80. The Morgan fingerprint density at radius 3 is 2.75 bits per heavy atom. The smallest absolute Gasteiger partial charge is 0.209 e. The molecule has 1 saturated carbocycles. The second-order valence-corrected chi connectivity index (χ2v) is 4.86. The Morgan fingerprint density at radius 2 is 2.17 bits per heavy atom. The van der Waals surface area contributed by atoms with Crippen molar-refractivity contribution < 1.29 is 0 Å². The van der Waals surface area contributed by atoms with Crippen LogP contribution < -0.4 is 0 Å². The Morgan fingerprint density at radius 1 is 1.42 bits per heavy atom. The van der Waals surface area contributed by atoms with Gasteiger partial charge in [-0.25, -0.2) is 4.98 Å². The molecule has 1 fully saturated rings. The van der Waals surface area contributed by atoms with Crippen molar-refractivity contribution in [2.75, 3.05) is 0 Å². The molecule has 1 aliphatic rings. The SMILES string of the molecule is Brc1nsc(CC2CCCC2)n1. The zero-order chi connectivity index (χ0) is 8.39.